The van der Waals surface area contributed by atoms with Gasteiger partial charge in [0.1, 0.15) is 17.0 Å². The predicted molar refractivity (Wildman–Crippen MR) is 101 cm³/mol. The van der Waals surface area contributed by atoms with E-state index in [0.717, 1.165) is 24.4 Å². The second-order valence-electron chi connectivity index (χ2n) is 7.38. The molecular weight excluding hydrogens is 348 g/mol. The summed E-state index contributed by atoms with van der Waals surface area (Å²) in [5.74, 6) is 1.32. The van der Waals surface area contributed by atoms with Crippen LogP contribution in [0.2, 0.25) is 0 Å². The molecule has 1 spiro atoms. The van der Waals surface area contributed by atoms with Gasteiger partial charge in [0.2, 0.25) is 0 Å². The van der Waals surface area contributed by atoms with Gasteiger partial charge in [-0.15, -0.1) is 0 Å². The molecule has 2 aliphatic heterocycles. The minimum absolute atomic E-state index is 0.117. The molecule has 0 aliphatic carbocycles. The van der Waals surface area contributed by atoms with Crippen LogP contribution in [0.5, 0.6) is 11.5 Å². The minimum Gasteiger partial charge on any atom is -0.497 e. The topological polar surface area (TPSA) is 74.4 Å². The van der Waals surface area contributed by atoms with Gasteiger partial charge in [-0.25, -0.2) is 9.69 Å². The van der Waals surface area contributed by atoms with Crippen LogP contribution in [-0.2, 0) is 11.3 Å². The summed E-state index contributed by atoms with van der Waals surface area (Å²) in [5.41, 5.74) is 0.226. The Bertz CT molecular complexity index is 716. The second kappa shape index (κ2) is 7.74. The molecule has 0 bridgehead atoms. The zero-order valence-corrected chi connectivity index (χ0v) is 16.4. The molecule has 1 aromatic rings. The van der Waals surface area contributed by atoms with Gasteiger partial charge in [-0.1, -0.05) is 6.07 Å². The number of ether oxygens (including phenoxy) is 2. The quantitative estimate of drug-likeness (QED) is 0.750. The van der Waals surface area contributed by atoms with Crippen molar-refractivity contribution in [2.45, 2.75) is 24.9 Å². The number of urea groups is 1. The van der Waals surface area contributed by atoms with Crippen LogP contribution in [0.4, 0.5) is 4.79 Å². The molecule has 8 nitrogen and oxygen atoms in total. The van der Waals surface area contributed by atoms with Gasteiger partial charge in [-0.05, 0) is 33.0 Å². The van der Waals surface area contributed by atoms with E-state index in [1.807, 2.05) is 37.2 Å². The van der Waals surface area contributed by atoms with Crippen LogP contribution in [-0.4, -0.2) is 80.3 Å². The van der Waals surface area contributed by atoms with Crippen LogP contribution >= 0.6 is 0 Å². The Hall–Kier alpha value is -2.32. The number of hydrogen-bond donors (Lipinski definition) is 1. The van der Waals surface area contributed by atoms with E-state index in [1.54, 1.807) is 14.2 Å². The molecule has 2 fully saturated rings. The van der Waals surface area contributed by atoms with Crippen LogP contribution in [0, 0.1) is 0 Å². The van der Waals surface area contributed by atoms with E-state index in [1.165, 1.54) is 4.90 Å². The number of carbonyl (C=O) groups is 2. The normalized spacial score (nSPS) is 19.7. The van der Waals surface area contributed by atoms with Crippen molar-refractivity contribution in [1.82, 2.24) is 20.0 Å². The minimum atomic E-state index is -0.734. The number of rotatable bonds is 6. The summed E-state index contributed by atoms with van der Waals surface area (Å²) in [6.07, 6.45) is 1.31. The molecule has 0 saturated carbocycles. The molecule has 2 saturated heterocycles. The van der Waals surface area contributed by atoms with Crippen molar-refractivity contribution in [1.29, 1.82) is 0 Å². The third-order valence-corrected chi connectivity index (χ3v) is 5.40. The number of nitrogens with zero attached hydrogens (tertiary/aromatic N) is 3. The summed E-state index contributed by atoms with van der Waals surface area (Å²) in [5, 5.41) is 2.94. The van der Waals surface area contributed by atoms with Crippen molar-refractivity contribution in [3.05, 3.63) is 23.8 Å². The lowest BCUT2D eigenvalue weighted by Crippen LogP contribution is -2.54. The van der Waals surface area contributed by atoms with Gasteiger partial charge >= 0.3 is 6.03 Å². The van der Waals surface area contributed by atoms with Crippen molar-refractivity contribution in [3.8, 4) is 11.5 Å². The molecule has 148 valence electrons. The number of imide groups is 1. The second-order valence-corrected chi connectivity index (χ2v) is 7.38. The van der Waals surface area contributed by atoms with Crippen molar-refractivity contribution < 1.29 is 19.1 Å². The molecule has 0 aromatic heterocycles. The van der Waals surface area contributed by atoms with E-state index in [-0.39, 0.29) is 18.6 Å². The average molecular weight is 376 g/mol. The van der Waals surface area contributed by atoms with E-state index < -0.39 is 5.54 Å². The first-order valence-corrected chi connectivity index (χ1v) is 9.10. The lowest BCUT2D eigenvalue weighted by Gasteiger charge is -2.35. The van der Waals surface area contributed by atoms with E-state index in [9.17, 15) is 9.59 Å². The predicted octanol–water partition coefficient (Wildman–Crippen LogP) is 1.11. The van der Waals surface area contributed by atoms with Gasteiger partial charge < -0.3 is 19.7 Å². The monoisotopic (exact) mass is 376 g/mol. The van der Waals surface area contributed by atoms with E-state index in [2.05, 4.69) is 10.2 Å². The Balaban J connectivity index is 1.67. The first-order valence-electron chi connectivity index (χ1n) is 9.10. The largest absolute Gasteiger partial charge is 0.497 e. The third kappa shape index (κ3) is 3.86. The van der Waals surface area contributed by atoms with Crippen LogP contribution in [0.25, 0.3) is 0 Å². The molecule has 0 unspecified atom stereocenters. The Morgan fingerprint density at radius 2 is 1.89 bits per heavy atom. The lowest BCUT2D eigenvalue weighted by molar-refractivity contribution is -0.134. The number of hydrogen-bond acceptors (Lipinski definition) is 6. The number of carbonyl (C=O) groups excluding carboxylic acids is 2. The number of benzene rings is 1. The summed E-state index contributed by atoms with van der Waals surface area (Å²) in [6, 6.07) is 5.31. The molecule has 2 aliphatic rings. The summed E-state index contributed by atoms with van der Waals surface area (Å²) in [7, 11) is 7.13. The maximum Gasteiger partial charge on any atom is 0.326 e. The highest BCUT2D eigenvalue weighted by atomic mass is 16.5. The van der Waals surface area contributed by atoms with Crippen molar-refractivity contribution in [2.75, 3.05) is 48.1 Å². The van der Waals surface area contributed by atoms with E-state index >= 15 is 0 Å². The molecule has 3 amide bonds. The molecule has 1 N–H and O–H groups in total. The fourth-order valence-electron chi connectivity index (χ4n) is 3.71. The summed E-state index contributed by atoms with van der Waals surface area (Å²) < 4.78 is 10.7. The van der Waals surface area contributed by atoms with Crippen LogP contribution in [0.3, 0.4) is 0 Å². The molecule has 0 atom stereocenters. The molecule has 27 heavy (non-hydrogen) atoms. The van der Waals surface area contributed by atoms with Crippen LogP contribution in [0.1, 0.15) is 18.4 Å². The van der Waals surface area contributed by atoms with Gasteiger partial charge in [0, 0.05) is 31.3 Å². The van der Waals surface area contributed by atoms with Crippen LogP contribution in [0.15, 0.2) is 18.2 Å². The highest BCUT2D eigenvalue weighted by Crippen LogP contribution is 2.30. The zero-order valence-electron chi connectivity index (χ0n) is 16.4. The van der Waals surface area contributed by atoms with Gasteiger partial charge in [0.25, 0.3) is 5.91 Å². The molecule has 1 aromatic carbocycles. The average Bonchev–Trinajstić information content (AvgIpc) is 2.89. The molecule has 0 radical (unpaired) electrons. The maximum atomic E-state index is 13.0. The molecular formula is C19H28N4O4. The SMILES string of the molecule is COc1ccc(CN(C)CN2C(=O)NC3(CCN(C)CC3)C2=O)c(OC)c1. The fourth-order valence-corrected chi connectivity index (χ4v) is 3.71. The Labute approximate surface area is 160 Å². The zero-order chi connectivity index (χ0) is 19.6. The summed E-state index contributed by atoms with van der Waals surface area (Å²) >= 11 is 0. The maximum absolute atomic E-state index is 13.0. The van der Waals surface area contributed by atoms with Gasteiger partial charge in [0.05, 0.1) is 20.9 Å². The number of methoxy groups -OCH3 is 2. The number of piperidine rings is 1. The summed E-state index contributed by atoms with van der Waals surface area (Å²) in [4.78, 5) is 30.8. The van der Waals surface area contributed by atoms with Gasteiger partial charge in [-0.2, -0.15) is 0 Å². The Morgan fingerprint density at radius 3 is 2.52 bits per heavy atom. The fraction of sp³-hybridized carbons (Fsp3) is 0.579. The number of amides is 3. The van der Waals surface area contributed by atoms with Crippen molar-refractivity contribution >= 4 is 11.9 Å². The standard InChI is InChI=1S/C19H28N4O4/c1-21-9-7-19(8-10-21)17(24)23(18(25)20-19)13-22(2)12-14-5-6-15(26-3)11-16(14)27-4/h5-6,11H,7-10,12-13H2,1-4H3,(H,20,25). The van der Waals surface area contributed by atoms with Crippen molar-refractivity contribution in [3.63, 3.8) is 0 Å². The highest BCUT2D eigenvalue weighted by molar-refractivity contribution is 6.07. The Kier molecular flexibility index (Phi) is 5.57. The summed E-state index contributed by atoms with van der Waals surface area (Å²) in [6.45, 7) is 2.38. The van der Waals surface area contributed by atoms with Gasteiger partial charge in [-0.3, -0.25) is 9.69 Å². The molecule has 8 heteroatoms. The third-order valence-electron chi connectivity index (χ3n) is 5.40. The lowest BCUT2D eigenvalue weighted by atomic mass is 9.88. The van der Waals surface area contributed by atoms with E-state index in [0.29, 0.717) is 25.1 Å². The highest BCUT2D eigenvalue weighted by Gasteiger charge is 2.52. The van der Waals surface area contributed by atoms with Crippen LogP contribution < -0.4 is 14.8 Å². The van der Waals surface area contributed by atoms with Gasteiger partial charge in [0.15, 0.2) is 0 Å². The first kappa shape index (κ1) is 19.4. The van der Waals surface area contributed by atoms with Crippen molar-refractivity contribution in [2.24, 2.45) is 0 Å². The number of nitrogens with one attached hydrogen (secondary N) is 1. The van der Waals surface area contributed by atoms with E-state index in [4.69, 9.17) is 9.47 Å². The molecule has 2 heterocycles. The first-order chi connectivity index (χ1) is 12.9. The smallest absolute Gasteiger partial charge is 0.326 e. The number of likely N-dealkylation sites (tertiary alicyclic amines) is 1. The molecule has 3 rings (SSSR count). The Morgan fingerprint density at radius 1 is 1.19 bits per heavy atom.